The van der Waals surface area contributed by atoms with Gasteiger partial charge in [0.2, 0.25) is 0 Å². The molecule has 0 bridgehead atoms. The SMILES string of the molecule is CC.CN1C[C@H](F)C[C@H]1CO. The Balaban J connectivity index is 0.000000461. The van der Waals surface area contributed by atoms with Gasteiger partial charge >= 0.3 is 0 Å². The Morgan fingerprint density at radius 2 is 2.09 bits per heavy atom. The topological polar surface area (TPSA) is 23.5 Å². The highest BCUT2D eigenvalue weighted by atomic mass is 19.1. The molecule has 0 saturated carbocycles. The fraction of sp³-hybridized carbons (Fsp3) is 1.00. The standard InChI is InChI=1S/C6H12FNO.C2H6/c1-8-3-5(7)2-6(8)4-9;1-2/h5-6,9H,2-4H2,1H3;1-2H3/t5-,6+;/m1./s1. The van der Waals surface area contributed by atoms with Crippen molar-refractivity contribution in [3.05, 3.63) is 0 Å². The Kier molecular flexibility index (Phi) is 5.42. The van der Waals surface area contributed by atoms with Gasteiger partial charge in [-0.3, -0.25) is 4.90 Å². The summed E-state index contributed by atoms with van der Waals surface area (Å²) in [5.74, 6) is 0. The van der Waals surface area contributed by atoms with Gasteiger partial charge < -0.3 is 5.11 Å². The highest BCUT2D eigenvalue weighted by molar-refractivity contribution is 4.81. The van der Waals surface area contributed by atoms with Crippen molar-refractivity contribution >= 4 is 0 Å². The van der Waals surface area contributed by atoms with E-state index in [-0.39, 0.29) is 12.6 Å². The predicted molar refractivity (Wildman–Crippen MR) is 44.4 cm³/mol. The number of rotatable bonds is 1. The number of alkyl halides is 1. The molecule has 0 spiro atoms. The molecule has 1 aliphatic heterocycles. The molecule has 2 nitrogen and oxygen atoms in total. The van der Waals surface area contributed by atoms with E-state index in [0.29, 0.717) is 13.0 Å². The summed E-state index contributed by atoms with van der Waals surface area (Å²) in [5, 5.41) is 8.65. The van der Waals surface area contributed by atoms with Crippen LogP contribution in [-0.4, -0.2) is 42.4 Å². The van der Waals surface area contributed by atoms with E-state index in [1.807, 2.05) is 25.8 Å². The Labute approximate surface area is 68.0 Å². The third-order valence-corrected chi connectivity index (χ3v) is 1.85. The van der Waals surface area contributed by atoms with Crippen molar-refractivity contribution < 1.29 is 9.50 Å². The second-order valence-corrected chi connectivity index (χ2v) is 2.61. The Morgan fingerprint density at radius 3 is 2.27 bits per heavy atom. The van der Waals surface area contributed by atoms with Crippen molar-refractivity contribution in [2.24, 2.45) is 0 Å². The lowest BCUT2D eigenvalue weighted by Crippen LogP contribution is -2.27. The van der Waals surface area contributed by atoms with Gasteiger partial charge in [0.25, 0.3) is 0 Å². The number of likely N-dealkylation sites (tertiary alicyclic amines) is 1. The number of aliphatic hydroxyl groups excluding tert-OH is 1. The minimum Gasteiger partial charge on any atom is -0.395 e. The van der Waals surface area contributed by atoms with Crippen LogP contribution in [0.25, 0.3) is 0 Å². The largest absolute Gasteiger partial charge is 0.395 e. The molecule has 3 heteroatoms. The fourth-order valence-corrected chi connectivity index (χ4v) is 1.23. The molecule has 1 heterocycles. The molecule has 68 valence electrons. The van der Waals surface area contributed by atoms with Crippen LogP contribution in [0.15, 0.2) is 0 Å². The molecule has 11 heavy (non-hydrogen) atoms. The maximum absolute atomic E-state index is 12.5. The summed E-state index contributed by atoms with van der Waals surface area (Å²) in [6.45, 7) is 4.56. The zero-order valence-corrected chi connectivity index (χ0v) is 7.55. The second-order valence-electron chi connectivity index (χ2n) is 2.61. The molecule has 0 unspecified atom stereocenters. The summed E-state index contributed by atoms with van der Waals surface area (Å²) in [4.78, 5) is 1.85. The van der Waals surface area contributed by atoms with Gasteiger partial charge in [0.1, 0.15) is 6.17 Å². The third kappa shape index (κ3) is 3.16. The Morgan fingerprint density at radius 1 is 1.55 bits per heavy atom. The minimum absolute atomic E-state index is 0.0556. The van der Waals surface area contributed by atoms with E-state index in [2.05, 4.69) is 0 Å². The number of hydrogen-bond donors (Lipinski definition) is 1. The van der Waals surface area contributed by atoms with Gasteiger partial charge in [0.05, 0.1) is 6.61 Å². The molecule has 0 radical (unpaired) electrons. The van der Waals surface area contributed by atoms with E-state index in [1.54, 1.807) is 0 Å². The van der Waals surface area contributed by atoms with Crippen LogP contribution in [0.4, 0.5) is 4.39 Å². The van der Waals surface area contributed by atoms with Crippen molar-refractivity contribution in [3.63, 3.8) is 0 Å². The lowest BCUT2D eigenvalue weighted by atomic mass is 10.2. The first-order valence-electron chi connectivity index (χ1n) is 4.19. The average Bonchev–Trinajstić information content (AvgIpc) is 2.33. The summed E-state index contributed by atoms with van der Waals surface area (Å²) in [7, 11) is 1.83. The molecule has 1 rings (SSSR count). The summed E-state index contributed by atoms with van der Waals surface area (Å²) < 4.78 is 12.5. The van der Waals surface area contributed by atoms with Crippen molar-refractivity contribution in [2.45, 2.75) is 32.5 Å². The van der Waals surface area contributed by atoms with Crippen molar-refractivity contribution in [1.82, 2.24) is 4.90 Å². The van der Waals surface area contributed by atoms with E-state index in [0.717, 1.165) is 0 Å². The van der Waals surface area contributed by atoms with Crippen molar-refractivity contribution in [3.8, 4) is 0 Å². The molecule has 0 aromatic heterocycles. The highest BCUT2D eigenvalue weighted by Crippen LogP contribution is 2.17. The maximum Gasteiger partial charge on any atom is 0.114 e. The van der Waals surface area contributed by atoms with E-state index >= 15 is 0 Å². The quantitative estimate of drug-likeness (QED) is 0.624. The smallest absolute Gasteiger partial charge is 0.114 e. The van der Waals surface area contributed by atoms with Crippen LogP contribution in [0.2, 0.25) is 0 Å². The van der Waals surface area contributed by atoms with Gasteiger partial charge in [-0.2, -0.15) is 0 Å². The average molecular weight is 163 g/mol. The molecule has 1 saturated heterocycles. The number of aliphatic hydroxyl groups is 1. The van der Waals surface area contributed by atoms with Crippen LogP contribution >= 0.6 is 0 Å². The van der Waals surface area contributed by atoms with Crippen molar-refractivity contribution in [1.29, 1.82) is 0 Å². The van der Waals surface area contributed by atoms with Crippen molar-refractivity contribution in [2.75, 3.05) is 20.2 Å². The summed E-state index contributed by atoms with van der Waals surface area (Å²) >= 11 is 0. The van der Waals surface area contributed by atoms with Gasteiger partial charge in [0, 0.05) is 12.6 Å². The lowest BCUT2D eigenvalue weighted by Gasteiger charge is -2.14. The summed E-state index contributed by atoms with van der Waals surface area (Å²) in [6, 6.07) is 0.0556. The Hall–Kier alpha value is -0.150. The molecule has 1 N–H and O–H groups in total. The normalized spacial score (nSPS) is 31.4. The first-order valence-corrected chi connectivity index (χ1v) is 4.19. The molecule has 0 amide bonds. The molecule has 0 aromatic rings. The van der Waals surface area contributed by atoms with Crippen LogP contribution in [0.1, 0.15) is 20.3 Å². The summed E-state index contributed by atoms with van der Waals surface area (Å²) in [6.07, 6.45) is -0.236. The van der Waals surface area contributed by atoms with Crippen LogP contribution in [0.3, 0.4) is 0 Å². The van der Waals surface area contributed by atoms with E-state index in [9.17, 15) is 4.39 Å². The number of likely N-dealkylation sites (N-methyl/N-ethyl adjacent to an activating group) is 1. The summed E-state index contributed by atoms with van der Waals surface area (Å²) in [5.41, 5.74) is 0. The molecule has 0 aromatic carbocycles. The number of nitrogens with zero attached hydrogens (tertiary/aromatic N) is 1. The van der Waals surface area contributed by atoms with Gasteiger partial charge in [-0.1, -0.05) is 13.8 Å². The minimum atomic E-state index is -0.729. The second kappa shape index (κ2) is 5.49. The molecule has 2 atom stereocenters. The van der Waals surface area contributed by atoms with Crippen LogP contribution in [0, 0.1) is 0 Å². The molecule has 1 fully saturated rings. The lowest BCUT2D eigenvalue weighted by molar-refractivity contribution is 0.182. The van der Waals surface area contributed by atoms with E-state index in [1.165, 1.54) is 0 Å². The Bertz CT molecular complexity index is 100. The number of hydrogen-bond acceptors (Lipinski definition) is 2. The van der Waals surface area contributed by atoms with E-state index in [4.69, 9.17) is 5.11 Å². The first-order chi connectivity index (χ1) is 5.24. The van der Waals surface area contributed by atoms with Gasteiger partial charge in [-0.15, -0.1) is 0 Å². The predicted octanol–water partition coefficient (Wildman–Crippen LogP) is 1.05. The molecular weight excluding hydrogens is 145 g/mol. The zero-order valence-electron chi connectivity index (χ0n) is 7.55. The molecule has 1 aliphatic rings. The molecule has 0 aliphatic carbocycles. The zero-order chi connectivity index (χ0) is 8.85. The first kappa shape index (κ1) is 10.8. The maximum atomic E-state index is 12.5. The van der Waals surface area contributed by atoms with Crippen LogP contribution in [-0.2, 0) is 0 Å². The monoisotopic (exact) mass is 163 g/mol. The fourth-order valence-electron chi connectivity index (χ4n) is 1.23. The van der Waals surface area contributed by atoms with Gasteiger partial charge in [-0.05, 0) is 13.5 Å². The number of halogens is 1. The third-order valence-electron chi connectivity index (χ3n) is 1.85. The van der Waals surface area contributed by atoms with Crippen LogP contribution < -0.4 is 0 Å². The highest BCUT2D eigenvalue weighted by Gasteiger charge is 2.28. The van der Waals surface area contributed by atoms with Gasteiger partial charge in [-0.25, -0.2) is 4.39 Å². The molecular formula is C8H18FNO. The van der Waals surface area contributed by atoms with Gasteiger partial charge in [0.15, 0.2) is 0 Å². The van der Waals surface area contributed by atoms with Crippen LogP contribution in [0.5, 0.6) is 0 Å². The van der Waals surface area contributed by atoms with E-state index < -0.39 is 6.17 Å².